The van der Waals surface area contributed by atoms with Crippen LogP contribution in [0.5, 0.6) is 5.75 Å². The number of ether oxygens (including phenoxy) is 2. The van der Waals surface area contributed by atoms with Crippen molar-refractivity contribution in [3.8, 4) is 5.75 Å². The molecule has 0 unspecified atom stereocenters. The molecule has 34 heavy (non-hydrogen) atoms. The summed E-state index contributed by atoms with van der Waals surface area (Å²) in [4.78, 5) is 23.0. The minimum Gasteiger partial charge on any atom is -0.490 e. The molecule has 0 saturated carbocycles. The molecule has 0 amide bonds. The van der Waals surface area contributed by atoms with Crippen molar-refractivity contribution in [2.45, 2.75) is 18.9 Å². The highest BCUT2D eigenvalue weighted by Crippen LogP contribution is 2.30. The van der Waals surface area contributed by atoms with E-state index in [4.69, 9.17) is 25.7 Å². The van der Waals surface area contributed by atoms with Gasteiger partial charge >= 0.3 is 5.97 Å². The van der Waals surface area contributed by atoms with Gasteiger partial charge in [0.2, 0.25) is 11.3 Å². The van der Waals surface area contributed by atoms with E-state index in [9.17, 15) is 4.79 Å². The van der Waals surface area contributed by atoms with E-state index in [0.29, 0.717) is 33.5 Å². The lowest BCUT2D eigenvalue weighted by Crippen LogP contribution is -2.39. The van der Waals surface area contributed by atoms with Gasteiger partial charge in [-0.1, -0.05) is 11.6 Å². The average molecular weight is 481 g/mol. The number of esters is 1. The molecule has 4 aromatic rings. The third-order valence-electron chi connectivity index (χ3n) is 5.52. The van der Waals surface area contributed by atoms with Crippen LogP contribution in [0.15, 0.2) is 53.2 Å². The summed E-state index contributed by atoms with van der Waals surface area (Å²) in [5, 5.41) is 11.6. The van der Waals surface area contributed by atoms with Crippen molar-refractivity contribution in [3.63, 3.8) is 0 Å². The number of carbonyl (C=O) groups excluding carboxylic acids is 1. The number of hydrogen-bond donors (Lipinski definition) is 1. The number of methoxy groups -OCH3 is 1. The molecule has 0 bridgehead atoms. The second-order valence-corrected chi connectivity index (χ2v) is 8.20. The number of nitrogens with one attached hydrogen (secondary N) is 1. The van der Waals surface area contributed by atoms with Crippen molar-refractivity contribution < 1.29 is 18.9 Å². The third-order valence-corrected chi connectivity index (χ3v) is 5.77. The topological polar surface area (TPSA) is 116 Å². The van der Waals surface area contributed by atoms with Gasteiger partial charge in [-0.05, 0) is 58.8 Å². The predicted octanol–water partition coefficient (Wildman–Crippen LogP) is 4.24. The molecule has 0 spiro atoms. The molecule has 0 atom stereocenters. The summed E-state index contributed by atoms with van der Waals surface area (Å²) >= 11 is 5.96. The van der Waals surface area contributed by atoms with Crippen LogP contribution in [0, 0.1) is 0 Å². The molecule has 0 radical (unpaired) electrons. The van der Waals surface area contributed by atoms with E-state index < -0.39 is 5.97 Å². The first-order valence-corrected chi connectivity index (χ1v) is 11.1. The molecule has 1 aliphatic heterocycles. The SMILES string of the molecule is COC(=O)c1ccc(Nc2nc3nonc3nc2N2CCC(Oc3ccc(Cl)cc3)CC2)cc1. The van der Waals surface area contributed by atoms with Crippen molar-refractivity contribution in [1.82, 2.24) is 20.3 Å². The van der Waals surface area contributed by atoms with E-state index in [-0.39, 0.29) is 6.10 Å². The zero-order valence-corrected chi connectivity index (χ0v) is 19.0. The maximum Gasteiger partial charge on any atom is 0.337 e. The molecule has 1 aliphatic rings. The molecule has 3 heterocycles. The van der Waals surface area contributed by atoms with Gasteiger partial charge in [-0.25, -0.2) is 19.4 Å². The molecule has 11 heteroatoms. The molecule has 10 nitrogen and oxygen atoms in total. The number of halogens is 1. The summed E-state index contributed by atoms with van der Waals surface area (Å²) in [5.41, 5.74) is 1.83. The lowest BCUT2D eigenvalue weighted by atomic mass is 10.1. The maximum atomic E-state index is 11.7. The summed E-state index contributed by atoms with van der Waals surface area (Å²) in [6.07, 6.45) is 1.71. The third kappa shape index (κ3) is 4.72. The van der Waals surface area contributed by atoms with Gasteiger partial charge in [-0.3, -0.25) is 0 Å². The second kappa shape index (κ2) is 9.52. The van der Waals surface area contributed by atoms with Crippen LogP contribution >= 0.6 is 11.6 Å². The van der Waals surface area contributed by atoms with Crippen molar-refractivity contribution >= 4 is 46.2 Å². The highest BCUT2D eigenvalue weighted by atomic mass is 35.5. The van der Waals surface area contributed by atoms with Gasteiger partial charge in [-0.2, -0.15) is 0 Å². The number of anilines is 3. The van der Waals surface area contributed by atoms with E-state index in [1.54, 1.807) is 24.3 Å². The zero-order valence-electron chi connectivity index (χ0n) is 18.3. The fraction of sp³-hybridized carbons (Fsp3) is 0.261. The first-order valence-electron chi connectivity index (χ1n) is 10.7. The standard InChI is InChI=1S/C23H21ClN6O4/c1-32-23(31)14-2-6-16(7-3-14)25-21-22(27-20-19(26-21)28-34-29-20)30-12-10-18(11-13-30)33-17-8-4-15(24)5-9-17/h2-9,18H,10-13H2,1H3,(H,25,26,28). The minimum absolute atomic E-state index is 0.0881. The fourth-order valence-electron chi connectivity index (χ4n) is 3.77. The van der Waals surface area contributed by atoms with Gasteiger partial charge in [0.1, 0.15) is 11.9 Å². The number of aromatic nitrogens is 4. The lowest BCUT2D eigenvalue weighted by Gasteiger charge is -2.33. The summed E-state index contributed by atoms with van der Waals surface area (Å²) in [6.45, 7) is 1.44. The number of hydrogen-bond acceptors (Lipinski definition) is 10. The number of piperidine rings is 1. The predicted molar refractivity (Wildman–Crippen MR) is 126 cm³/mol. The molecule has 1 saturated heterocycles. The monoisotopic (exact) mass is 480 g/mol. The van der Waals surface area contributed by atoms with E-state index in [2.05, 4.69) is 30.5 Å². The van der Waals surface area contributed by atoms with Gasteiger partial charge in [-0.15, -0.1) is 0 Å². The van der Waals surface area contributed by atoms with E-state index in [1.807, 2.05) is 24.3 Å². The quantitative estimate of drug-likeness (QED) is 0.401. The largest absolute Gasteiger partial charge is 0.490 e. The van der Waals surface area contributed by atoms with Crippen LogP contribution < -0.4 is 15.0 Å². The fourth-order valence-corrected chi connectivity index (χ4v) is 3.89. The zero-order chi connectivity index (χ0) is 23.5. The Kier molecular flexibility index (Phi) is 6.13. The summed E-state index contributed by atoms with van der Waals surface area (Å²) in [7, 11) is 1.35. The summed E-state index contributed by atoms with van der Waals surface area (Å²) in [5.74, 6) is 1.57. The van der Waals surface area contributed by atoms with Crippen LogP contribution in [0.3, 0.4) is 0 Å². The Morgan fingerprint density at radius 1 is 1.03 bits per heavy atom. The van der Waals surface area contributed by atoms with Crippen LogP contribution in [0.25, 0.3) is 11.3 Å². The van der Waals surface area contributed by atoms with Crippen molar-refractivity contribution in [2.24, 2.45) is 0 Å². The molecular formula is C23H21ClN6O4. The van der Waals surface area contributed by atoms with Gasteiger partial charge in [0.25, 0.3) is 0 Å². The highest BCUT2D eigenvalue weighted by Gasteiger charge is 2.25. The molecule has 1 fully saturated rings. The average Bonchev–Trinajstić information content (AvgIpc) is 3.33. The Balaban J connectivity index is 1.33. The molecular weight excluding hydrogens is 460 g/mol. The number of fused-ring (bicyclic) bond motifs is 1. The smallest absolute Gasteiger partial charge is 0.337 e. The van der Waals surface area contributed by atoms with E-state index >= 15 is 0 Å². The summed E-state index contributed by atoms with van der Waals surface area (Å²) in [6, 6.07) is 14.3. The van der Waals surface area contributed by atoms with Crippen LogP contribution in [-0.2, 0) is 4.74 Å². The van der Waals surface area contributed by atoms with Crippen molar-refractivity contribution in [1.29, 1.82) is 0 Å². The second-order valence-electron chi connectivity index (χ2n) is 7.76. The molecule has 2 aromatic heterocycles. The van der Waals surface area contributed by atoms with Gasteiger partial charge in [0.15, 0.2) is 11.6 Å². The molecule has 5 rings (SSSR count). The first kappa shape index (κ1) is 21.9. The van der Waals surface area contributed by atoms with Gasteiger partial charge in [0.05, 0.1) is 12.7 Å². The number of carbonyl (C=O) groups is 1. The number of benzene rings is 2. The summed E-state index contributed by atoms with van der Waals surface area (Å²) < 4.78 is 15.7. The van der Waals surface area contributed by atoms with Gasteiger partial charge < -0.3 is 19.7 Å². The lowest BCUT2D eigenvalue weighted by molar-refractivity contribution is 0.0600. The Labute approximate surface area is 199 Å². The Morgan fingerprint density at radius 2 is 1.71 bits per heavy atom. The number of rotatable bonds is 6. The Hall–Kier alpha value is -3.92. The first-order chi connectivity index (χ1) is 16.6. The Bertz CT molecular complexity index is 1290. The van der Waals surface area contributed by atoms with Crippen LogP contribution in [0.4, 0.5) is 17.3 Å². The molecule has 174 valence electrons. The number of nitrogens with zero attached hydrogens (tertiary/aromatic N) is 5. The highest BCUT2D eigenvalue weighted by molar-refractivity contribution is 6.30. The van der Waals surface area contributed by atoms with Crippen molar-refractivity contribution in [3.05, 3.63) is 59.1 Å². The normalized spacial score (nSPS) is 14.2. The molecule has 0 aliphatic carbocycles. The van der Waals surface area contributed by atoms with Gasteiger partial charge in [0, 0.05) is 36.6 Å². The molecule has 2 aromatic carbocycles. The van der Waals surface area contributed by atoms with Crippen LogP contribution in [0.1, 0.15) is 23.2 Å². The maximum absolute atomic E-state index is 11.7. The van der Waals surface area contributed by atoms with Crippen molar-refractivity contribution in [2.75, 3.05) is 30.4 Å². The minimum atomic E-state index is -0.397. The Morgan fingerprint density at radius 3 is 2.38 bits per heavy atom. The van der Waals surface area contributed by atoms with E-state index in [1.165, 1.54) is 7.11 Å². The molecule has 1 N–H and O–H groups in total. The van der Waals surface area contributed by atoms with Crippen LogP contribution in [-0.4, -0.2) is 52.6 Å². The van der Waals surface area contributed by atoms with Crippen LogP contribution in [0.2, 0.25) is 5.02 Å². The van der Waals surface area contributed by atoms with E-state index in [0.717, 1.165) is 37.4 Å².